The number of hydrogen-bond donors (Lipinski definition) is 1. The van der Waals surface area contributed by atoms with E-state index in [9.17, 15) is 18.0 Å². The third-order valence-corrected chi connectivity index (χ3v) is 3.82. The highest BCUT2D eigenvalue weighted by atomic mass is 35.5. The van der Waals surface area contributed by atoms with Gasteiger partial charge in [0.25, 0.3) is 5.91 Å². The Hall–Kier alpha value is -2.94. The average Bonchev–Trinajstić information content (AvgIpc) is 2.67. The van der Waals surface area contributed by atoms with Crippen molar-refractivity contribution in [2.75, 3.05) is 19.5 Å². The van der Waals surface area contributed by atoms with E-state index in [1.807, 2.05) is 0 Å². The van der Waals surface area contributed by atoms with Gasteiger partial charge in [0.05, 0.1) is 31.1 Å². The Morgan fingerprint density at radius 2 is 1.89 bits per heavy atom. The van der Waals surface area contributed by atoms with Crippen LogP contribution in [0, 0.1) is 17.5 Å². The summed E-state index contributed by atoms with van der Waals surface area (Å²) in [5.74, 6) is -4.65. The molecule has 0 spiro atoms. The van der Waals surface area contributed by atoms with Crippen LogP contribution >= 0.6 is 11.6 Å². The summed E-state index contributed by atoms with van der Waals surface area (Å²) in [4.78, 5) is 17.0. The molecular weight excluding hydrogens is 401 g/mol. The number of nitrogens with zero attached hydrogens (tertiary/aromatic N) is 1. The van der Waals surface area contributed by atoms with E-state index in [0.717, 1.165) is 6.07 Å². The number of ether oxygens (including phenoxy) is 2. The van der Waals surface area contributed by atoms with Crippen LogP contribution in [-0.2, 0) is 9.63 Å². The van der Waals surface area contributed by atoms with Gasteiger partial charge in [-0.1, -0.05) is 16.8 Å². The first-order chi connectivity index (χ1) is 13.3. The number of nitrogens with one attached hydrogen (secondary N) is 1. The molecule has 0 aliphatic carbocycles. The minimum absolute atomic E-state index is 0.280. The number of oxime groups is 1. The minimum atomic E-state index is -1.69. The zero-order valence-electron chi connectivity index (χ0n) is 15.1. The summed E-state index contributed by atoms with van der Waals surface area (Å²) in [5.41, 5.74) is -0.0167. The second-order valence-electron chi connectivity index (χ2n) is 5.43. The molecular formula is C18H16ClF3N2O4. The Bertz CT molecular complexity index is 909. The Balaban J connectivity index is 2.03. The normalized spacial score (nSPS) is 12.0. The van der Waals surface area contributed by atoms with Gasteiger partial charge in [-0.2, -0.15) is 0 Å². The SMILES string of the molecule is COc1cc(/C=N/OC(C)C(=O)Nc2ccc(F)c(F)c2F)cc(Cl)c1OC. The van der Waals surface area contributed by atoms with Gasteiger partial charge in [-0.05, 0) is 31.2 Å². The summed E-state index contributed by atoms with van der Waals surface area (Å²) in [7, 11) is 2.88. The van der Waals surface area contributed by atoms with Crippen molar-refractivity contribution >= 4 is 29.4 Å². The molecule has 2 aromatic carbocycles. The Morgan fingerprint density at radius 1 is 1.18 bits per heavy atom. The predicted octanol–water partition coefficient (Wildman–Crippen LogP) is 4.15. The summed E-state index contributed by atoms with van der Waals surface area (Å²) in [5, 5.41) is 6.03. The second-order valence-corrected chi connectivity index (χ2v) is 5.84. The number of hydrogen-bond acceptors (Lipinski definition) is 5. The van der Waals surface area contributed by atoms with E-state index in [1.165, 1.54) is 33.4 Å². The number of benzene rings is 2. The molecule has 150 valence electrons. The van der Waals surface area contributed by atoms with Crippen molar-refractivity contribution in [3.8, 4) is 11.5 Å². The standard InChI is InChI=1S/C18H16ClF3N2O4/c1-9(18(25)24-13-5-4-12(20)15(21)16(13)22)28-23-8-10-6-11(19)17(27-3)14(7-10)26-2/h4-9H,1-3H3,(H,24,25)/b23-8+. The minimum Gasteiger partial charge on any atom is -0.493 e. The van der Waals surface area contributed by atoms with Crippen molar-refractivity contribution in [2.24, 2.45) is 5.16 Å². The summed E-state index contributed by atoms with van der Waals surface area (Å²) in [6.07, 6.45) is 0.120. The first-order valence-electron chi connectivity index (χ1n) is 7.83. The molecule has 0 saturated heterocycles. The van der Waals surface area contributed by atoms with Crippen molar-refractivity contribution in [3.05, 3.63) is 52.3 Å². The van der Waals surface area contributed by atoms with Crippen LogP contribution in [0.2, 0.25) is 5.02 Å². The largest absolute Gasteiger partial charge is 0.493 e. The molecule has 0 aliphatic rings. The fourth-order valence-corrected chi connectivity index (χ4v) is 2.40. The van der Waals surface area contributed by atoms with Crippen LogP contribution in [-0.4, -0.2) is 32.4 Å². The molecule has 6 nitrogen and oxygen atoms in total. The molecule has 1 N–H and O–H groups in total. The molecule has 1 unspecified atom stereocenters. The average molecular weight is 417 g/mol. The zero-order chi connectivity index (χ0) is 20.8. The van der Waals surface area contributed by atoms with Gasteiger partial charge in [-0.3, -0.25) is 4.79 Å². The Morgan fingerprint density at radius 3 is 2.54 bits per heavy atom. The van der Waals surface area contributed by atoms with E-state index in [4.69, 9.17) is 25.9 Å². The zero-order valence-corrected chi connectivity index (χ0v) is 15.8. The van der Waals surface area contributed by atoms with Crippen molar-refractivity contribution in [2.45, 2.75) is 13.0 Å². The maximum Gasteiger partial charge on any atom is 0.268 e. The molecule has 0 radical (unpaired) electrons. The fourth-order valence-electron chi connectivity index (χ4n) is 2.10. The van der Waals surface area contributed by atoms with Gasteiger partial charge in [0.2, 0.25) is 6.10 Å². The van der Waals surface area contributed by atoms with Crippen LogP contribution in [0.15, 0.2) is 29.4 Å². The molecule has 0 fully saturated rings. The lowest BCUT2D eigenvalue weighted by molar-refractivity contribution is -0.126. The predicted molar refractivity (Wildman–Crippen MR) is 97.6 cm³/mol. The lowest BCUT2D eigenvalue weighted by Gasteiger charge is -2.12. The van der Waals surface area contributed by atoms with E-state index < -0.39 is 35.2 Å². The highest BCUT2D eigenvalue weighted by Crippen LogP contribution is 2.35. The molecule has 0 saturated carbocycles. The van der Waals surface area contributed by atoms with Gasteiger partial charge < -0.3 is 19.6 Å². The summed E-state index contributed by atoms with van der Waals surface area (Å²) in [6.45, 7) is 1.34. The van der Waals surface area contributed by atoms with Crippen LogP contribution in [0.25, 0.3) is 0 Å². The van der Waals surface area contributed by atoms with E-state index in [1.54, 1.807) is 6.07 Å². The molecule has 1 amide bonds. The Kier molecular flexibility index (Phi) is 7.11. The fraction of sp³-hybridized carbons (Fsp3) is 0.222. The van der Waals surface area contributed by atoms with Gasteiger partial charge in [-0.15, -0.1) is 0 Å². The van der Waals surface area contributed by atoms with E-state index in [0.29, 0.717) is 23.1 Å². The summed E-state index contributed by atoms with van der Waals surface area (Å²) in [6, 6.07) is 4.71. The van der Waals surface area contributed by atoms with Crippen LogP contribution in [0.1, 0.15) is 12.5 Å². The molecule has 0 heterocycles. The number of halogens is 4. The number of carbonyl (C=O) groups is 1. The number of carbonyl (C=O) groups excluding carboxylic acids is 1. The van der Waals surface area contributed by atoms with E-state index in [2.05, 4.69) is 10.5 Å². The summed E-state index contributed by atoms with van der Waals surface area (Å²) >= 11 is 6.07. The highest BCUT2D eigenvalue weighted by molar-refractivity contribution is 6.32. The Labute approximate surface area is 163 Å². The van der Waals surface area contributed by atoms with E-state index in [-0.39, 0.29) is 5.02 Å². The monoisotopic (exact) mass is 416 g/mol. The third kappa shape index (κ3) is 4.86. The number of methoxy groups -OCH3 is 2. The van der Waals surface area contributed by atoms with Gasteiger partial charge in [-0.25, -0.2) is 13.2 Å². The van der Waals surface area contributed by atoms with Crippen LogP contribution in [0.3, 0.4) is 0 Å². The van der Waals surface area contributed by atoms with Crippen LogP contribution < -0.4 is 14.8 Å². The van der Waals surface area contributed by atoms with Crippen molar-refractivity contribution in [1.29, 1.82) is 0 Å². The molecule has 0 aliphatic heterocycles. The molecule has 28 heavy (non-hydrogen) atoms. The molecule has 2 aromatic rings. The van der Waals surface area contributed by atoms with Gasteiger partial charge in [0, 0.05) is 5.56 Å². The first kappa shape index (κ1) is 21.4. The highest BCUT2D eigenvalue weighted by Gasteiger charge is 2.19. The maximum absolute atomic E-state index is 13.6. The molecule has 2 rings (SSSR count). The molecule has 10 heteroatoms. The number of amides is 1. The first-order valence-corrected chi connectivity index (χ1v) is 8.21. The third-order valence-electron chi connectivity index (χ3n) is 3.54. The molecule has 0 bridgehead atoms. The smallest absolute Gasteiger partial charge is 0.268 e. The summed E-state index contributed by atoms with van der Waals surface area (Å²) < 4.78 is 50.0. The second kappa shape index (κ2) is 9.32. The lowest BCUT2D eigenvalue weighted by atomic mass is 10.2. The van der Waals surface area contributed by atoms with Gasteiger partial charge in [0.1, 0.15) is 0 Å². The van der Waals surface area contributed by atoms with Gasteiger partial charge in [0.15, 0.2) is 29.0 Å². The number of anilines is 1. The lowest BCUT2D eigenvalue weighted by Crippen LogP contribution is -2.27. The quantitative estimate of drug-likeness (QED) is 0.418. The van der Waals surface area contributed by atoms with E-state index >= 15 is 0 Å². The van der Waals surface area contributed by atoms with Crippen molar-refractivity contribution in [1.82, 2.24) is 0 Å². The van der Waals surface area contributed by atoms with Crippen molar-refractivity contribution < 1.29 is 32.3 Å². The van der Waals surface area contributed by atoms with Crippen LogP contribution in [0.4, 0.5) is 18.9 Å². The number of rotatable bonds is 7. The molecule has 1 atom stereocenters. The van der Waals surface area contributed by atoms with Crippen LogP contribution in [0.5, 0.6) is 11.5 Å². The van der Waals surface area contributed by atoms with Crippen molar-refractivity contribution in [3.63, 3.8) is 0 Å². The molecule has 0 aromatic heterocycles. The maximum atomic E-state index is 13.6. The topological polar surface area (TPSA) is 69.2 Å². The van der Waals surface area contributed by atoms with Gasteiger partial charge >= 0.3 is 0 Å².